The van der Waals surface area contributed by atoms with Crippen LogP contribution < -0.4 is 0 Å². The molecule has 0 spiro atoms. The van der Waals surface area contributed by atoms with Gasteiger partial charge in [0.25, 0.3) is 0 Å². The second-order valence-electron chi connectivity index (χ2n) is 4.72. The van der Waals surface area contributed by atoms with Crippen LogP contribution in [0.1, 0.15) is 40.5 Å². The van der Waals surface area contributed by atoms with Gasteiger partial charge in [0, 0.05) is 18.0 Å². The van der Waals surface area contributed by atoms with Gasteiger partial charge in [-0.05, 0) is 33.2 Å². The van der Waals surface area contributed by atoms with E-state index in [2.05, 4.69) is 39.6 Å². The molecule has 0 radical (unpaired) electrons. The second-order valence-corrected chi connectivity index (χ2v) is 4.99. The van der Waals surface area contributed by atoms with Gasteiger partial charge in [0.05, 0.1) is 0 Å². The summed E-state index contributed by atoms with van der Waals surface area (Å²) in [6, 6.07) is 0. The number of hydrogen-bond donors (Lipinski definition) is 0. The molecule has 0 aromatic carbocycles. The zero-order chi connectivity index (χ0) is 10.5. The van der Waals surface area contributed by atoms with Gasteiger partial charge >= 0.3 is 0 Å². The van der Waals surface area contributed by atoms with E-state index in [1.807, 2.05) is 0 Å². The van der Waals surface area contributed by atoms with Crippen molar-refractivity contribution in [1.82, 2.24) is 4.90 Å². The molecule has 1 atom stereocenters. The van der Waals surface area contributed by atoms with Crippen molar-refractivity contribution in [2.45, 2.75) is 46.1 Å². The molecule has 0 amide bonds. The molecule has 13 heavy (non-hydrogen) atoms. The average Bonchev–Trinajstić information content (AvgIpc) is 2.04. The molecule has 2 heteroatoms. The number of nitrogens with zero attached hydrogens (tertiary/aromatic N) is 1. The first kappa shape index (κ1) is 13.2. The van der Waals surface area contributed by atoms with Gasteiger partial charge in [-0.15, -0.1) is 11.6 Å². The fourth-order valence-electron chi connectivity index (χ4n) is 1.40. The normalized spacial score (nSPS) is 15.0. The molecule has 80 valence electrons. The fraction of sp³-hybridized carbons (Fsp3) is 1.00. The van der Waals surface area contributed by atoms with Gasteiger partial charge < -0.3 is 0 Å². The first-order valence-corrected chi connectivity index (χ1v) is 5.74. The van der Waals surface area contributed by atoms with Gasteiger partial charge in [-0.2, -0.15) is 0 Å². The number of alkyl halides is 1. The quantitative estimate of drug-likeness (QED) is 0.601. The summed E-state index contributed by atoms with van der Waals surface area (Å²) in [5.74, 6) is 1.47. The minimum absolute atomic E-state index is 0.129. The highest BCUT2D eigenvalue weighted by Crippen LogP contribution is 2.17. The van der Waals surface area contributed by atoms with Crippen LogP contribution in [0, 0.1) is 5.92 Å². The van der Waals surface area contributed by atoms with Crippen LogP contribution >= 0.6 is 11.6 Å². The molecular weight excluding hydrogens is 182 g/mol. The van der Waals surface area contributed by atoms with Crippen molar-refractivity contribution < 1.29 is 0 Å². The Hall–Kier alpha value is 0.250. The maximum absolute atomic E-state index is 5.91. The molecule has 0 aliphatic rings. The van der Waals surface area contributed by atoms with E-state index in [0.717, 1.165) is 12.5 Å². The highest BCUT2D eigenvalue weighted by Gasteiger charge is 2.22. The Morgan fingerprint density at radius 3 is 2.31 bits per heavy atom. The topological polar surface area (TPSA) is 3.24 Å². The molecule has 0 aliphatic carbocycles. The third-order valence-electron chi connectivity index (χ3n) is 2.73. The van der Waals surface area contributed by atoms with Gasteiger partial charge in [-0.25, -0.2) is 0 Å². The Kier molecular flexibility index (Phi) is 5.98. The Morgan fingerprint density at radius 1 is 1.38 bits per heavy atom. The SMILES string of the molecule is CCCC(C)CN(C)C(C)(C)CCl. The Morgan fingerprint density at radius 2 is 1.92 bits per heavy atom. The van der Waals surface area contributed by atoms with Crippen molar-refractivity contribution in [3.8, 4) is 0 Å². The lowest BCUT2D eigenvalue weighted by atomic mass is 10.0. The van der Waals surface area contributed by atoms with Gasteiger partial charge in [0.2, 0.25) is 0 Å². The van der Waals surface area contributed by atoms with E-state index < -0.39 is 0 Å². The van der Waals surface area contributed by atoms with E-state index >= 15 is 0 Å². The monoisotopic (exact) mass is 205 g/mol. The van der Waals surface area contributed by atoms with Gasteiger partial charge in [0.15, 0.2) is 0 Å². The van der Waals surface area contributed by atoms with Crippen LogP contribution in [-0.4, -0.2) is 29.9 Å². The zero-order valence-corrected chi connectivity index (χ0v) is 10.5. The predicted molar refractivity (Wildman–Crippen MR) is 61.5 cm³/mol. The summed E-state index contributed by atoms with van der Waals surface area (Å²) in [6.45, 7) is 10.1. The molecule has 0 aromatic heterocycles. The first-order valence-electron chi connectivity index (χ1n) is 5.21. The molecule has 1 nitrogen and oxygen atoms in total. The van der Waals surface area contributed by atoms with Gasteiger partial charge in [0.1, 0.15) is 0 Å². The summed E-state index contributed by atoms with van der Waals surface area (Å²) in [6.07, 6.45) is 2.58. The summed E-state index contributed by atoms with van der Waals surface area (Å²) in [4.78, 5) is 2.36. The third kappa shape index (κ3) is 4.87. The Bertz CT molecular complexity index is 134. The molecule has 0 rings (SSSR count). The van der Waals surface area contributed by atoms with E-state index in [9.17, 15) is 0 Å². The van der Waals surface area contributed by atoms with Crippen molar-refractivity contribution in [1.29, 1.82) is 0 Å². The summed E-state index contributed by atoms with van der Waals surface area (Å²) >= 11 is 5.91. The third-order valence-corrected chi connectivity index (χ3v) is 3.38. The molecule has 0 fully saturated rings. The van der Waals surface area contributed by atoms with Crippen molar-refractivity contribution in [2.75, 3.05) is 19.5 Å². The Balaban J connectivity index is 3.91. The zero-order valence-electron chi connectivity index (χ0n) is 9.73. The van der Waals surface area contributed by atoms with Gasteiger partial charge in [-0.3, -0.25) is 4.90 Å². The van der Waals surface area contributed by atoms with Crippen LogP contribution in [0.25, 0.3) is 0 Å². The lowest BCUT2D eigenvalue weighted by molar-refractivity contribution is 0.153. The van der Waals surface area contributed by atoms with Crippen molar-refractivity contribution in [2.24, 2.45) is 5.92 Å². The lowest BCUT2D eigenvalue weighted by Gasteiger charge is -2.35. The molecule has 0 bridgehead atoms. The van der Waals surface area contributed by atoms with Crippen LogP contribution in [0.2, 0.25) is 0 Å². The highest BCUT2D eigenvalue weighted by atomic mass is 35.5. The molecular formula is C11H24ClN. The average molecular weight is 206 g/mol. The van der Waals surface area contributed by atoms with E-state index in [1.165, 1.54) is 12.8 Å². The van der Waals surface area contributed by atoms with Crippen LogP contribution in [0.5, 0.6) is 0 Å². The standard InChI is InChI=1S/C11H24ClN/c1-6-7-10(2)8-13(5)11(3,4)9-12/h10H,6-9H2,1-5H3. The summed E-state index contributed by atoms with van der Waals surface area (Å²) in [5.41, 5.74) is 0.129. The highest BCUT2D eigenvalue weighted by molar-refractivity contribution is 6.18. The van der Waals surface area contributed by atoms with E-state index in [1.54, 1.807) is 0 Å². The van der Waals surface area contributed by atoms with Crippen molar-refractivity contribution in [3.05, 3.63) is 0 Å². The first-order chi connectivity index (χ1) is 5.94. The minimum Gasteiger partial charge on any atom is -0.300 e. The molecule has 0 N–H and O–H groups in total. The van der Waals surface area contributed by atoms with E-state index in [0.29, 0.717) is 5.88 Å². The molecule has 0 aliphatic heterocycles. The van der Waals surface area contributed by atoms with E-state index in [-0.39, 0.29) is 5.54 Å². The maximum atomic E-state index is 5.91. The Labute approximate surface area is 88.5 Å². The lowest BCUT2D eigenvalue weighted by Crippen LogP contribution is -2.44. The second kappa shape index (κ2) is 5.87. The number of rotatable bonds is 6. The summed E-state index contributed by atoms with van der Waals surface area (Å²) < 4.78 is 0. The number of halogens is 1. The van der Waals surface area contributed by atoms with Crippen LogP contribution in [0.15, 0.2) is 0 Å². The predicted octanol–water partition coefficient (Wildman–Crippen LogP) is 3.37. The summed E-state index contributed by atoms with van der Waals surface area (Å²) in [7, 11) is 2.16. The van der Waals surface area contributed by atoms with Crippen LogP contribution in [0.4, 0.5) is 0 Å². The molecule has 0 saturated heterocycles. The fourth-order valence-corrected chi connectivity index (χ4v) is 1.60. The summed E-state index contributed by atoms with van der Waals surface area (Å²) in [5, 5.41) is 0. The minimum atomic E-state index is 0.129. The van der Waals surface area contributed by atoms with Crippen LogP contribution in [-0.2, 0) is 0 Å². The molecule has 0 aromatic rings. The number of hydrogen-bond acceptors (Lipinski definition) is 1. The molecule has 0 heterocycles. The largest absolute Gasteiger partial charge is 0.300 e. The molecule has 0 saturated carbocycles. The van der Waals surface area contributed by atoms with Crippen LogP contribution in [0.3, 0.4) is 0 Å². The van der Waals surface area contributed by atoms with Crippen molar-refractivity contribution in [3.63, 3.8) is 0 Å². The van der Waals surface area contributed by atoms with Crippen molar-refractivity contribution >= 4 is 11.6 Å². The maximum Gasteiger partial charge on any atom is 0.0402 e. The van der Waals surface area contributed by atoms with E-state index in [4.69, 9.17) is 11.6 Å². The van der Waals surface area contributed by atoms with Gasteiger partial charge in [-0.1, -0.05) is 20.3 Å². The smallest absolute Gasteiger partial charge is 0.0402 e. The molecule has 1 unspecified atom stereocenters.